The molecule has 0 aliphatic heterocycles. The Bertz CT molecular complexity index is 671. The van der Waals surface area contributed by atoms with Crippen LogP contribution in [0.25, 0.3) is 11.3 Å². The largest absolute Gasteiger partial charge is 0.342 e. The second-order valence-electron chi connectivity index (χ2n) is 3.72. The Morgan fingerprint density at radius 1 is 1.37 bits per heavy atom. The maximum atomic E-state index is 12.0. The molecule has 0 fully saturated rings. The van der Waals surface area contributed by atoms with Crippen LogP contribution >= 0.6 is 22.6 Å². The van der Waals surface area contributed by atoms with Crippen molar-refractivity contribution >= 4 is 22.6 Å². The summed E-state index contributed by atoms with van der Waals surface area (Å²) in [6.45, 7) is 2.53. The van der Waals surface area contributed by atoms with Crippen LogP contribution in [0.1, 0.15) is 12.5 Å². The van der Waals surface area contributed by atoms with E-state index in [1.807, 2.05) is 41.6 Å². The van der Waals surface area contributed by atoms with Crippen LogP contribution in [0.2, 0.25) is 0 Å². The Kier molecular flexibility index (Phi) is 6.38. The van der Waals surface area contributed by atoms with Gasteiger partial charge in [0.25, 0.3) is 0 Å². The first-order valence-electron chi connectivity index (χ1n) is 5.49. The second-order valence-corrected chi connectivity index (χ2v) is 4.89. The van der Waals surface area contributed by atoms with Crippen LogP contribution in [0.5, 0.6) is 0 Å². The molecule has 0 aliphatic rings. The van der Waals surface area contributed by atoms with Gasteiger partial charge in [-0.15, -0.1) is 34.7 Å². The van der Waals surface area contributed by atoms with E-state index in [4.69, 9.17) is 5.26 Å². The minimum absolute atomic E-state index is 0. The Morgan fingerprint density at radius 2 is 2.00 bits per heavy atom. The summed E-state index contributed by atoms with van der Waals surface area (Å²) in [4.78, 5) is 12.0. The van der Waals surface area contributed by atoms with Gasteiger partial charge in [-0.2, -0.15) is 17.4 Å². The Balaban J connectivity index is 0.00000180. The van der Waals surface area contributed by atoms with Crippen molar-refractivity contribution in [1.82, 2.24) is 4.57 Å². The van der Waals surface area contributed by atoms with Gasteiger partial charge in [0.1, 0.15) is 0 Å². The molecule has 2 aromatic rings. The Morgan fingerprint density at radius 3 is 2.53 bits per heavy atom. The Hall–Kier alpha value is -0.506. The quantitative estimate of drug-likeness (QED) is 0.535. The predicted octanol–water partition coefficient (Wildman–Crippen LogP) is 2.81. The number of halogens is 1. The zero-order valence-corrected chi connectivity index (χ0v) is 15.3. The second kappa shape index (κ2) is 7.32. The van der Waals surface area contributed by atoms with Gasteiger partial charge in [-0.25, -0.2) is 0 Å². The molecule has 0 spiro atoms. The fourth-order valence-electron chi connectivity index (χ4n) is 1.75. The van der Waals surface area contributed by atoms with Crippen LogP contribution in [0.4, 0.5) is 0 Å². The number of nitrogens with zero attached hydrogens (tertiary/aromatic N) is 2. The maximum absolute atomic E-state index is 12.0. The molecule has 19 heavy (non-hydrogen) atoms. The molecule has 0 aliphatic carbocycles. The molecule has 0 bridgehead atoms. The molecule has 3 nitrogen and oxygen atoms in total. The average Bonchev–Trinajstić information content (AvgIpc) is 2.42. The number of aromatic nitrogens is 1. The molecule has 1 aromatic carbocycles. The van der Waals surface area contributed by atoms with Gasteiger partial charge in [-0.05, 0) is 10.5 Å². The number of pyridine rings is 1. The fraction of sp³-hybridized carbons (Fsp3) is 0.143. The van der Waals surface area contributed by atoms with Gasteiger partial charge in [0.2, 0.25) is 5.56 Å². The van der Waals surface area contributed by atoms with E-state index in [9.17, 15) is 4.79 Å². The SMILES string of the molecule is CCn1c(-c2ccc(C#N)cc2)[c-]cc(I)c1=O.[Y]. The maximum Gasteiger partial charge on any atom is 0.207 e. The summed E-state index contributed by atoms with van der Waals surface area (Å²) in [6, 6.07) is 14.1. The third-order valence-corrected chi connectivity index (χ3v) is 3.43. The summed E-state index contributed by atoms with van der Waals surface area (Å²) < 4.78 is 2.34. The van der Waals surface area contributed by atoms with Crippen molar-refractivity contribution in [2.24, 2.45) is 0 Å². The van der Waals surface area contributed by atoms with E-state index < -0.39 is 0 Å². The Labute approximate surface area is 150 Å². The summed E-state index contributed by atoms with van der Waals surface area (Å²) >= 11 is 2.01. The molecule has 0 unspecified atom stereocenters. The summed E-state index contributed by atoms with van der Waals surface area (Å²) in [6.07, 6.45) is 0. The van der Waals surface area contributed by atoms with Crippen LogP contribution in [-0.2, 0) is 39.3 Å². The molecule has 5 heteroatoms. The molecule has 0 saturated heterocycles. The van der Waals surface area contributed by atoms with Crippen molar-refractivity contribution in [3.63, 3.8) is 0 Å². The van der Waals surface area contributed by atoms with Gasteiger partial charge >= 0.3 is 0 Å². The number of hydrogen-bond donors (Lipinski definition) is 0. The standard InChI is InChI=1S/C14H10IN2O.Y/c1-2-17-13(8-7-12(15)14(17)18)11-5-3-10(9-16)4-6-11;/h3-7H,2H2,1H3;/q-1;. The van der Waals surface area contributed by atoms with Crippen molar-refractivity contribution in [3.05, 3.63) is 55.9 Å². The predicted molar refractivity (Wildman–Crippen MR) is 78.1 cm³/mol. The molecule has 0 saturated carbocycles. The number of rotatable bonds is 2. The molecule has 2 rings (SSSR count). The van der Waals surface area contributed by atoms with Crippen molar-refractivity contribution in [2.45, 2.75) is 13.5 Å². The molecule has 1 heterocycles. The third kappa shape index (κ3) is 3.53. The summed E-state index contributed by atoms with van der Waals surface area (Å²) in [7, 11) is 0. The van der Waals surface area contributed by atoms with Gasteiger partial charge in [-0.3, -0.25) is 4.79 Å². The number of hydrogen-bond acceptors (Lipinski definition) is 2. The van der Waals surface area contributed by atoms with Gasteiger partial charge in [-0.1, -0.05) is 23.4 Å². The number of nitriles is 1. The monoisotopic (exact) mass is 438 g/mol. The average molecular weight is 438 g/mol. The van der Waals surface area contributed by atoms with Crippen LogP contribution in [0.15, 0.2) is 35.1 Å². The molecule has 93 valence electrons. The summed E-state index contributed by atoms with van der Waals surface area (Å²) in [5.41, 5.74) is 2.25. The first-order valence-corrected chi connectivity index (χ1v) is 6.56. The minimum atomic E-state index is -0.00351. The topological polar surface area (TPSA) is 45.8 Å². The van der Waals surface area contributed by atoms with Gasteiger partial charge in [0.15, 0.2) is 0 Å². The number of benzene rings is 1. The summed E-state index contributed by atoms with van der Waals surface area (Å²) in [5.74, 6) is 0. The first-order chi connectivity index (χ1) is 8.67. The van der Waals surface area contributed by atoms with E-state index in [0.717, 1.165) is 11.3 Å². The molecule has 1 radical (unpaired) electrons. The van der Waals surface area contributed by atoms with Gasteiger partial charge in [0, 0.05) is 44.8 Å². The normalized spacial score (nSPS) is 9.53. The van der Waals surface area contributed by atoms with Crippen LogP contribution in [-0.4, -0.2) is 4.57 Å². The van der Waals surface area contributed by atoms with E-state index in [1.54, 1.807) is 22.8 Å². The molecular formula is C14H10IN2OY-. The van der Waals surface area contributed by atoms with E-state index in [-0.39, 0.29) is 38.3 Å². The molecular weight excluding hydrogens is 428 g/mol. The molecule has 1 aromatic heterocycles. The zero-order chi connectivity index (χ0) is 13.1. The van der Waals surface area contributed by atoms with Crippen LogP contribution in [0, 0.1) is 21.0 Å². The third-order valence-electron chi connectivity index (χ3n) is 2.66. The van der Waals surface area contributed by atoms with Gasteiger partial charge in [0.05, 0.1) is 6.07 Å². The van der Waals surface area contributed by atoms with Crippen molar-refractivity contribution < 1.29 is 32.7 Å². The van der Waals surface area contributed by atoms with Crippen LogP contribution < -0.4 is 5.56 Å². The van der Waals surface area contributed by atoms with Crippen molar-refractivity contribution in [3.8, 4) is 17.3 Å². The van der Waals surface area contributed by atoms with E-state index >= 15 is 0 Å². The van der Waals surface area contributed by atoms with Crippen LogP contribution in [0.3, 0.4) is 0 Å². The van der Waals surface area contributed by atoms with Gasteiger partial charge < -0.3 is 4.57 Å². The van der Waals surface area contributed by atoms with Crippen molar-refractivity contribution in [1.29, 1.82) is 5.26 Å². The molecule has 0 N–H and O–H groups in total. The smallest absolute Gasteiger partial charge is 0.207 e. The fourth-order valence-corrected chi connectivity index (χ4v) is 2.19. The molecule has 0 atom stereocenters. The minimum Gasteiger partial charge on any atom is -0.342 e. The molecule has 0 amide bonds. The zero-order valence-electron chi connectivity index (χ0n) is 10.4. The van der Waals surface area contributed by atoms with Crippen molar-refractivity contribution in [2.75, 3.05) is 0 Å². The van der Waals surface area contributed by atoms with E-state index in [2.05, 4.69) is 12.1 Å². The van der Waals surface area contributed by atoms with E-state index in [0.29, 0.717) is 15.7 Å². The first kappa shape index (κ1) is 16.5. The van der Waals surface area contributed by atoms with E-state index in [1.165, 1.54) is 0 Å². The summed E-state index contributed by atoms with van der Waals surface area (Å²) in [5, 5.41) is 8.77.